The molecular weight excluding hydrogens is 378 g/mol. The number of thiophene rings is 1. The van der Waals surface area contributed by atoms with E-state index in [1.54, 1.807) is 7.05 Å². The summed E-state index contributed by atoms with van der Waals surface area (Å²) < 4.78 is 4.95. The molecule has 8 heteroatoms. The molecule has 1 unspecified atom stereocenters. The average Bonchev–Trinajstić information content (AvgIpc) is 2.88. The minimum atomic E-state index is -0.410. The third-order valence-electron chi connectivity index (χ3n) is 4.59. The highest BCUT2D eigenvalue weighted by Gasteiger charge is 2.29. The standard InChI is InChI=1S/C20H31N3O4S/c1-12-7-8-13-14(9-12)28-18(17(13)19(26)27-6)21-15(24)10-23(5)11-16(25)22-20(2,3)4/h12H,7-11H2,1-6H3,(H,21,24)(H,22,25)/p+1/t12-/m0/s1. The predicted molar refractivity (Wildman–Crippen MR) is 110 cm³/mol. The molecule has 1 aliphatic carbocycles. The van der Waals surface area contributed by atoms with E-state index in [1.165, 1.54) is 18.4 Å². The van der Waals surface area contributed by atoms with Gasteiger partial charge in [0.1, 0.15) is 5.00 Å². The van der Waals surface area contributed by atoms with Gasteiger partial charge < -0.3 is 20.3 Å². The van der Waals surface area contributed by atoms with Crippen LogP contribution in [0, 0.1) is 5.92 Å². The van der Waals surface area contributed by atoms with E-state index in [1.807, 2.05) is 20.8 Å². The van der Waals surface area contributed by atoms with Crippen LogP contribution in [-0.2, 0) is 27.2 Å². The van der Waals surface area contributed by atoms with Crippen LogP contribution < -0.4 is 15.5 Å². The molecule has 0 radical (unpaired) electrons. The maximum Gasteiger partial charge on any atom is 0.341 e. The smallest absolute Gasteiger partial charge is 0.341 e. The van der Waals surface area contributed by atoms with Gasteiger partial charge in [0.25, 0.3) is 11.8 Å². The van der Waals surface area contributed by atoms with E-state index in [9.17, 15) is 14.4 Å². The van der Waals surface area contributed by atoms with Crippen LogP contribution in [0.2, 0.25) is 0 Å². The predicted octanol–water partition coefficient (Wildman–Crippen LogP) is 1.03. The molecule has 0 saturated heterocycles. The van der Waals surface area contributed by atoms with Crippen molar-refractivity contribution >= 4 is 34.1 Å². The van der Waals surface area contributed by atoms with E-state index in [0.29, 0.717) is 16.5 Å². The molecule has 28 heavy (non-hydrogen) atoms. The van der Waals surface area contributed by atoms with Gasteiger partial charge >= 0.3 is 5.97 Å². The fraction of sp³-hybridized carbons (Fsp3) is 0.650. The second kappa shape index (κ2) is 9.05. The third-order valence-corrected chi connectivity index (χ3v) is 5.76. The number of nitrogens with one attached hydrogen (secondary N) is 3. The summed E-state index contributed by atoms with van der Waals surface area (Å²) >= 11 is 1.47. The van der Waals surface area contributed by atoms with E-state index in [-0.39, 0.29) is 30.4 Å². The summed E-state index contributed by atoms with van der Waals surface area (Å²) in [7, 11) is 3.15. The van der Waals surface area contributed by atoms with Crippen LogP contribution >= 0.6 is 11.3 Å². The lowest BCUT2D eigenvalue weighted by molar-refractivity contribution is -0.862. The molecule has 0 bridgehead atoms. The number of carbonyl (C=O) groups is 3. The first kappa shape index (κ1) is 22.4. The summed E-state index contributed by atoms with van der Waals surface area (Å²) in [6.45, 7) is 8.28. The fourth-order valence-corrected chi connectivity index (χ4v) is 4.82. The first-order valence-corrected chi connectivity index (χ1v) is 10.5. The first-order valence-electron chi connectivity index (χ1n) is 9.65. The molecule has 2 amide bonds. The highest BCUT2D eigenvalue weighted by molar-refractivity contribution is 7.17. The van der Waals surface area contributed by atoms with Gasteiger partial charge in [-0.15, -0.1) is 11.3 Å². The molecule has 0 saturated carbocycles. The Bertz CT molecular complexity index is 751. The summed E-state index contributed by atoms with van der Waals surface area (Å²) in [5, 5.41) is 6.33. The molecule has 0 fully saturated rings. The van der Waals surface area contributed by atoms with Crippen molar-refractivity contribution in [3.05, 3.63) is 16.0 Å². The van der Waals surface area contributed by atoms with E-state index in [0.717, 1.165) is 34.6 Å². The molecule has 156 valence electrons. The second-order valence-electron chi connectivity index (χ2n) is 8.70. The van der Waals surface area contributed by atoms with Gasteiger partial charge in [0.15, 0.2) is 13.1 Å². The Balaban J connectivity index is 2.05. The number of methoxy groups -OCH3 is 1. The van der Waals surface area contributed by atoms with Crippen molar-refractivity contribution in [3.63, 3.8) is 0 Å². The summed E-state index contributed by atoms with van der Waals surface area (Å²) in [6.07, 6.45) is 2.76. The van der Waals surface area contributed by atoms with Crippen LogP contribution in [0.1, 0.15) is 54.9 Å². The summed E-state index contributed by atoms with van der Waals surface area (Å²) in [4.78, 5) is 38.8. The zero-order valence-corrected chi connectivity index (χ0v) is 18.5. The molecule has 2 atom stereocenters. The Morgan fingerprint density at radius 3 is 2.46 bits per heavy atom. The van der Waals surface area contributed by atoms with Gasteiger partial charge in [-0.3, -0.25) is 9.59 Å². The zero-order valence-electron chi connectivity index (χ0n) is 17.7. The van der Waals surface area contributed by atoms with Gasteiger partial charge in [-0.1, -0.05) is 6.92 Å². The van der Waals surface area contributed by atoms with E-state index in [2.05, 4.69) is 17.6 Å². The van der Waals surface area contributed by atoms with Crippen LogP contribution in [0.3, 0.4) is 0 Å². The number of quaternary nitrogens is 1. The molecule has 7 nitrogen and oxygen atoms in total. The highest BCUT2D eigenvalue weighted by atomic mass is 32.1. The molecule has 0 aromatic carbocycles. The highest BCUT2D eigenvalue weighted by Crippen LogP contribution is 2.39. The van der Waals surface area contributed by atoms with Gasteiger partial charge in [-0.25, -0.2) is 4.79 Å². The number of fused-ring (bicyclic) bond motifs is 1. The summed E-state index contributed by atoms with van der Waals surface area (Å²) in [5.41, 5.74) is 1.20. The van der Waals surface area contributed by atoms with Crippen molar-refractivity contribution in [2.24, 2.45) is 5.92 Å². The van der Waals surface area contributed by atoms with Crippen molar-refractivity contribution < 1.29 is 24.0 Å². The molecule has 1 aromatic heterocycles. The normalized spacial score (nSPS) is 17.4. The summed E-state index contributed by atoms with van der Waals surface area (Å²) in [5.74, 6) is -0.170. The Morgan fingerprint density at radius 1 is 1.21 bits per heavy atom. The lowest BCUT2D eigenvalue weighted by Crippen LogP contribution is -3.11. The van der Waals surface area contributed by atoms with Crippen molar-refractivity contribution in [1.29, 1.82) is 0 Å². The van der Waals surface area contributed by atoms with Gasteiger partial charge in [-0.2, -0.15) is 0 Å². The van der Waals surface area contributed by atoms with Crippen LogP contribution in [0.5, 0.6) is 0 Å². The van der Waals surface area contributed by atoms with Crippen LogP contribution in [0.15, 0.2) is 0 Å². The van der Waals surface area contributed by atoms with Crippen molar-refractivity contribution in [2.45, 2.75) is 52.5 Å². The Kier molecular flexibility index (Phi) is 7.22. The second-order valence-corrected chi connectivity index (χ2v) is 9.81. The minimum absolute atomic E-state index is 0.103. The van der Waals surface area contributed by atoms with E-state index >= 15 is 0 Å². The van der Waals surface area contributed by atoms with Crippen molar-refractivity contribution in [3.8, 4) is 0 Å². The fourth-order valence-electron chi connectivity index (χ4n) is 3.40. The maximum absolute atomic E-state index is 12.5. The molecule has 1 heterocycles. The van der Waals surface area contributed by atoms with Crippen LogP contribution in [0.4, 0.5) is 5.00 Å². The molecule has 3 N–H and O–H groups in total. The monoisotopic (exact) mass is 410 g/mol. The third kappa shape index (κ3) is 6.04. The van der Waals surface area contributed by atoms with Gasteiger partial charge in [-0.05, 0) is 51.5 Å². The van der Waals surface area contributed by atoms with Crippen LogP contribution in [0.25, 0.3) is 0 Å². The molecule has 2 rings (SSSR count). The molecular formula is C20H32N3O4S+. The number of anilines is 1. The Morgan fingerprint density at radius 2 is 1.86 bits per heavy atom. The largest absolute Gasteiger partial charge is 0.465 e. The van der Waals surface area contributed by atoms with Gasteiger partial charge in [0.05, 0.1) is 19.7 Å². The molecule has 1 aromatic rings. The zero-order chi connectivity index (χ0) is 21.1. The number of hydrogen-bond donors (Lipinski definition) is 3. The Hall–Kier alpha value is -1.93. The number of likely N-dealkylation sites (N-methyl/N-ethyl adjacent to an activating group) is 1. The molecule has 0 aliphatic heterocycles. The van der Waals surface area contributed by atoms with Gasteiger partial charge in [0, 0.05) is 10.4 Å². The summed E-state index contributed by atoms with van der Waals surface area (Å²) in [6, 6.07) is 0. The van der Waals surface area contributed by atoms with Crippen molar-refractivity contribution in [1.82, 2.24) is 5.32 Å². The van der Waals surface area contributed by atoms with E-state index < -0.39 is 5.97 Å². The number of rotatable bonds is 6. The minimum Gasteiger partial charge on any atom is -0.465 e. The topological polar surface area (TPSA) is 88.9 Å². The lowest BCUT2D eigenvalue weighted by Gasteiger charge is -2.21. The number of ether oxygens (including phenoxy) is 1. The van der Waals surface area contributed by atoms with Crippen LogP contribution in [-0.4, -0.2) is 50.6 Å². The number of amides is 2. The maximum atomic E-state index is 12.5. The first-order chi connectivity index (χ1) is 13.0. The number of esters is 1. The molecule has 0 spiro atoms. The van der Waals surface area contributed by atoms with E-state index in [4.69, 9.17) is 4.74 Å². The Labute approximate surface area is 170 Å². The van der Waals surface area contributed by atoms with Crippen molar-refractivity contribution in [2.75, 3.05) is 32.6 Å². The average molecular weight is 411 g/mol. The number of hydrogen-bond acceptors (Lipinski definition) is 5. The van der Waals surface area contributed by atoms with Gasteiger partial charge in [0.2, 0.25) is 0 Å². The number of carbonyl (C=O) groups excluding carboxylic acids is 3. The lowest BCUT2D eigenvalue weighted by atomic mass is 9.88. The quantitative estimate of drug-likeness (QED) is 0.611. The SMILES string of the molecule is COC(=O)c1c(NC(=O)C[NH+](C)CC(=O)NC(C)(C)C)sc2c1CC[C@H](C)C2. The molecule has 1 aliphatic rings.